The Bertz CT molecular complexity index is 832. The number of nitrogens with zero attached hydrogens (tertiary/aromatic N) is 1. The first-order chi connectivity index (χ1) is 12.8. The molecule has 2 aliphatic rings. The first kappa shape index (κ1) is 19.7. The van der Waals surface area contributed by atoms with Crippen molar-refractivity contribution in [3.05, 3.63) is 29.8 Å². The number of hydrogen-bond donors (Lipinski definition) is 1. The minimum Gasteiger partial charge on any atom is -0.496 e. The van der Waals surface area contributed by atoms with E-state index >= 15 is 0 Å². The van der Waals surface area contributed by atoms with Crippen LogP contribution in [0.1, 0.15) is 31.7 Å². The van der Waals surface area contributed by atoms with E-state index in [1.807, 2.05) is 31.2 Å². The van der Waals surface area contributed by atoms with E-state index < -0.39 is 15.3 Å². The molecule has 1 unspecified atom stereocenters. The quantitative estimate of drug-likeness (QED) is 0.700. The van der Waals surface area contributed by atoms with Gasteiger partial charge in [0.1, 0.15) is 11.2 Å². The molecule has 1 saturated carbocycles. The third kappa shape index (κ3) is 3.95. The van der Waals surface area contributed by atoms with Crippen LogP contribution in [0.25, 0.3) is 0 Å². The van der Waals surface area contributed by atoms with Gasteiger partial charge in [-0.2, -0.15) is 0 Å². The third-order valence-electron chi connectivity index (χ3n) is 5.48. The molecule has 1 atom stereocenters. The van der Waals surface area contributed by atoms with Gasteiger partial charge in [0.2, 0.25) is 11.8 Å². The normalized spacial score (nSPS) is 22.1. The Balaban J connectivity index is 1.68. The highest BCUT2D eigenvalue weighted by atomic mass is 32.2. The van der Waals surface area contributed by atoms with Gasteiger partial charge in [0.15, 0.2) is 9.84 Å². The van der Waals surface area contributed by atoms with Crippen LogP contribution in [0.5, 0.6) is 5.75 Å². The summed E-state index contributed by atoms with van der Waals surface area (Å²) in [5.74, 6) is 0.239. The summed E-state index contributed by atoms with van der Waals surface area (Å²) < 4.78 is 28.8. The topological polar surface area (TPSA) is 92.8 Å². The SMILES string of the molecule is CCN(C(=O)C1(C(=O)NCc2ccccc2OC)CC1)C1CCS(=O)(=O)C1. The van der Waals surface area contributed by atoms with Crippen LogP contribution in [0.3, 0.4) is 0 Å². The Morgan fingerprint density at radius 3 is 2.56 bits per heavy atom. The molecule has 0 aromatic heterocycles. The number of ether oxygens (including phenoxy) is 1. The number of nitrogens with one attached hydrogen (secondary N) is 1. The van der Waals surface area contributed by atoms with Gasteiger partial charge in [0.05, 0.1) is 18.6 Å². The zero-order chi connectivity index (χ0) is 19.7. The molecule has 1 heterocycles. The summed E-state index contributed by atoms with van der Waals surface area (Å²) in [6.45, 7) is 2.51. The van der Waals surface area contributed by atoms with E-state index in [9.17, 15) is 18.0 Å². The number of para-hydroxylation sites is 1. The molecule has 27 heavy (non-hydrogen) atoms. The van der Waals surface area contributed by atoms with Gasteiger partial charge in [-0.25, -0.2) is 8.42 Å². The molecule has 3 rings (SSSR count). The average molecular weight is 394 g/mol. The number of hydrogen-bond acceptors (Lipinski definition) is 5. The maximum Gasteiger partial charge on any atom is 0.238 e. The predicted octanol–water partition coefficient (Wildman–Crippen LogP) is 1.13. The molecule has 0 spiro atoms. The third-order valence-corrected chi connectivity index (χ3v) is 7.23. The zero-order valence-electron chi connectivity index (χ0n) is 15.7. The minimum atomic E-state index is -3.09. The Labute approximate surface area is 160 Å². The summed E-state index contributed by atoms with van der Waals surface area (Å²) in [6, 6.07) is 7.07. The van der Waals surface area contributed by atoms with E-state index in [1.54, 1.807) is 12.0 Å². The van der Waals surface area contributed by atoms with E-state index in [-0.39, 0.29) is 35.9 Å². The van der Waals surface area contributed by atoms with E-state index in [1.165, 1.54) is 0 Å². The number of carbonyl (C=O) groups is 2. The predicted molar refractivity (Wildman–Crippen MR) is 101 cm³/mol. The molecule has 1 N–H and O–H groups in total. The fraction of sp³-hybridized carbons (Fsp3) is 0.579. The highest BCUT2D eigenvalue weighted by molar-refractivity contribution is 7.91. The van der Waals surface area contributed by atoms with Crippen molar-refractivity contribution in [1.29, 1.82) is 0 Å². The summed E-state index contributed by atoms with van der Waals surface area (Å²) in [5, 5.41) is 2.86. The molecule has 0 bridgehead atoms. The minimum absolute atomic E-state index is 0.00844. The van der Waals surface area contributed by atoms with Crippen molar-refractivity contribution in [3.63, 3.8) is 0 Å². The molecule has 2 amide bonds. The molecule has 148 valence electrons. The van der Waals surface area contributed by atoms with Gasteiger partial charge >= 0.3 is 0 Å². The molecule has 2 fully saturated rings. The lowest BCUT2D eigenvalue weighted by molar-refractivity contribution is -0.145. The van der Waals surface area contributed by atoms with Crippen LogP contribution in [-0.2, 0) is 26.0 Å². The summed E-state index contributed by atoms with van der Waals surface area (Å²) in [6.07, 6.45) is 1.44. The van der Waals surface area contributed by atoms with Gasteiger partial charge in [0, 0.05) is 24.7 Å². The van der Waals surface area contributed by atoms with Crippen LogP contribution in [0.4, 0.5) is 0 Å². The Hall–Kier alpha value is -2.09. The zero-order valence-corrected chi connectivity index (χ0v) is 16.5. The fourth-order valence-electron chi connectivity index (χ4n) is 3.72. The smallest absolute Gasteiger partial charge is 0.238 e. The van der Waals surface area contributed by atoms with E-state index in [0.29, 0.717) is 31.6 Å². The first-order valence-electron chi connectivity index (χ1n) is 9.24. The van der Waals surface area contributed by atoms with Crippen LogP contribution in [0, 0.1) is 5.41 Å². The van der Waals surface area contributed by atoms with Crippen molar-refractivity contribution in [2.45, 2.75) is 38.8 Å². The summed E-state index contributed by atoms with van der Waals surface area (Å²) in [5.41, 5.74) is -0.212. The van der Waals surface area contributed by atoms with Crippen LogP contribution >= 0.6 is 0 Å². The average Bonchev–Trinajstić information content (AvgIpc) is 3.39. The lowest BCUT2D eigenvalue weighted by Crippen LogP contribution is -2.49. The number of rotatable bonds is 7. The van der Waals surface area contributed by atoms with Gasteiger partial charge in [-0.3, -0.25) is 9.59 Å². The van der Waals surface area contributed by atoms with Crippen molar-refractivity contribution in [2.75, 3.05) is 25.2 Å². The van der Waals surface area contributed by atoms with Gasteiger partial charge < -0.3 is 15.0 Å². The van der Waals surface area contributed by atoms with Crippen LogP contribution < -0.4 is 10.1 Å². The Morgan fingerprint density at radius 1 is 1.30 bits per heavy atom. The van der Waals surface area contributed by atoms with Crippen molar-refractivity contribution in [2.24, 2.45) is 5.41 Å². The van der Waals surface area contributed by atoms with E-state index in [2.05, 4.69) is 5.32 Å². The van der Waals surface area contributed by atoms with Crippen LogP contribution in [-0.4, -0.2) is 56.3 Å². The van der Waals surface area contributed by atoms with Crippen LogP contribution in [0.2, 0.25) is 0 Å². The molecule has 1 saturated heterocycles. The summed E-state index contributed by atoms with van der Waals surface area (Å²) in [4.78, 5) is 27.4. The van der Waals surface area contributed by atoms with Crippen molar-refractivity contribution >= 4 is 21.7 Å². The molecule has 1 aliphatic heterocycles. The molecular formula is C19H26N2O5S. The lowest BCUT2D eigenvalue weighted by Gasteiger charge is -2.30. The molecule has 7 nitrogen and oxygen atoms in total. The number of carbonyl (C=O) groups excluding carboxylic acids is 2. The maximum absolute atomic E-state index is 13.1. The van der Waals surface area contributed by atoms with Gasteiger partial charge in [-0.15, -0.1) is 0 Å². The fourth-order valence-corrected chi connectivity index (χ4v) is 5.45. The summed E-state index contributed by atoms with van der Waals surface area (Å²) >= 11 is 0. The second-order valence-corrected chi connectivity index (χ2v) is 9.45. The Morgan fingerprint density at radius 2 is 2.00 bits per heavy atom. The number of amides is 2. The van der Waals surface area contributed by atoms with E-state index in [4.69, 9.17) is 4.74 Å². The number of methoxy groups -OCH3 is 1. The maximum atomic E-state index is 13.1. The highest BCUT2D eigenvalue weighted by Gasteiger charge is 2.58. The Kier molecular flexibility index (Phi) is 5.46. The first-order valence-corrected chi connectivity index (χ1v) is 11.1. The van der Waals surface area contributed by atoms with Gasteiger partial charge in [-0.1, -0.05) is 18.2 Å². The second-order valence-electron chi connectivity index (χ2n) is 7.22. The number of benzene rings is 1. The second kappa shape index (κ2) is 7.50. The molecule has 1 aliphatic carbocycles. The van der Waals surface area contributed by atoms with Gasteiger partial charge in [0.25, 0.3) is 0 Å². The standard InChI is InChI=1S/C19H26N2O5S/c1-3-21(15-8-11-27(24,25)13-15)18(23)19(9-10-19)17(22)20-12-14-6-4-5-7-16(14)26-2/h4-7,15H,3,8-13H2,1-2H3,(H,20,22). The van der Waals surface area contributed by atoms with Crippen molar-refractivity contribution in [1.82, 2.24) is 10.2 Å². The molecule has 1 aromatic rings. The lowest BCUT2D eigenvalue weighted by atomic mass is 10.0. The summed E-state index contributed by atoms with van der Waals surface area (Å²) in [7, 11) is -1.52. The molecule has 0 radical (unpaired) electrons. The highest BCUT2D eigenvalue weighted by Crippen LogP contribution is 2.48. The molecular weight excluding hydrogens is 368 g/mol. The van der Waals surface area contributed by atoms with Gasteiger partial charge in [-0.05, 0) is 32.3 Å². The molecule has 8 heteroatoms. The van der Waals surface area contributed by atoms with Crippen LogP contribution in [0.15, 0.2) is 24.3 Å². The van der Waals surface area contributed by atoms with Crippen molar-refractivity contribution < 1.29 is 22.7 Å². The molecule has 1 aromatic carbocycles. The number of sulfone groups is 1. The van der Waals surface area contributed by atoms with Crippen molar-refractivity contribution in [3.8, 4) is 5.75 Å². The van der Waals surface area contributed by atoms with E-state index in [0.717, 1.165) is 5.56 Å². The largest absolute Gasteiger partial charge is 0.496 e. The monoisotopic (exact) mass is 394 g/mol.